The molecule has 0 spiro atoms. The number of nitrogens with zero attached hydrogens (tertiary/aromatic N) is 1. The number of amides is 3. The van der Waals surface area contributed by atoms with E-state index >= 15 is 0 Å². The second-order valence-corrected chi connectivity index (χ2v) is 9.12. The Morgan fingerprint density at radius 3 is 2.26 bits per heavy atom. The van der Waals surface area contributed by atoms with Crippen LogP contribution in [0.25, 0.3) is 0 Å². The van der Waals surface area contributed by atoms with Gasteiger partial charge in [-0.3, -0.25) is 14.4 Å². The summed E-state index contributed by atoms with van der Waals surface area (Å²) in [6.07, 6.45) is 6.82. The van der Waals surface area contributed by atoms with Crippen molar-refractivity contribution >= 4 is 17.7 Å². The second-order valence-electron chi connectivity index (χ2n) is 9.12. The first-order valence-corrected chi connectivity index (χ1v) is 11.5. The summed E-state index contributed by atoms with van der Waals surface area (Å²) >= 11 is 0. The van der Waals surface area contributed by atoms with E-state index in [1.165, 1.54) is 24.6 Å². The van der Waals surface area contributed by atoms with Crippen molar-refractivity contribution in [3.8, 4) is 0 Å². The number of hydrogen-bond donors (Lipinski definition) is 2. The first-order chi connectivity index (χ1) is 14.9. The van der Waals surface area contributed by atoms with Crippen molar-refractivity contribution < 1.29 is 18.8 Å². The van der Waals surface area contributed by atoms with Crippen LogP contribution in [0.15, 0.2) is 24.3 Å². The molecule has 0 unspecified atom stereocenters. The third-order valence-corrected chi connectivity index (χ3v) is 6.47. The number of hydrogen-bond acceptors (Lipinski definition) is 3. The van der Waals surface area contributed by atoms with E-state index in [1.54, 1.807) is 11.0 Å². The molecule has 170 valence electrons. The molecule has 1 saturated heterocycles. The molecule has 1 heterocycles. The molecule has 31 heavy (non-hydrogen) atoms. The molecule has 1 aliphatic heterocycles. The summed E-state index contributed by atoms with van der Waals surface area (Å²) in [6, 6.07) is 5.12. The molecule has 3 rings (SSSR count). The van der Waals surface area contributed by atoms with Crippen molar-refractivity contribution in [3.05, 3.63) is 35.6 Å². The van der Waals surface area contributed by atoms with Crippen LogP contribution in [0.3, 0.4) is 0 Å². The highest BCUT2D eigenvalue weighted by atomic mass is 19.1. The minimum absolute atomic E-state index is 0.0647. The third-order valence-electron chi connectivity index (χ3n) is 6.47. The molecule has 0 bridgehead atoms. The fraction of sp³-hybridized carbons (Fsp3) is 0.625. The van der Waals surface area contributed by atoms with Gasteiger partial charge in [-0.25, -0.2) is 4.39 Å². The summed E-state index contributed by atoms with van der Waals surface area (Å²) in [7, 11) is 0. The van der Waals surface area contributed by atoms with E-state index in [1.807, 2.05) is 13.8 Å². The zero-order chi connectivity index (χ0) is 22.4. The number of benzene rings is 1. The molecule has 6 nitrogen and oxygen atoms in total. The molecule has 2 aliphatic rings. The fourth-order valence-corrected chi connectivity index (χ4v) is 4.50. The van der Waals surface area contributed by atoms with Crippen LogP contribution in [-0.2, 0) is 9.59 Å². The summed E-state index contributed by atoms with van der Waals surface area (Å²) in [5.74, 6) is -1.19. The van der Waals surface area contributed by atoms with E-state index in [0.717, 1.165) is 25.7 Å². The summed E-state index contributed by atoms with van der Waals surface area (Å²) in [5, 5.41) is 5.89. The second kappa shape index (κ2) is 10.7. The predicted molar refractivity (Wildman–Crippen MR) is 117 cm³/mol. The van der Waals surface area contributed by atoms with Gasteiger partial charge in [0.15, 0.2) is 0 Å². The normalized spacial score (nSPS) is 19.2. The first-order valence-electron chi connectivity index (χ1n) is 11.5. The van der Waals surface area contributed by atoms with Crippen LogP contribution in [0, 0.1) is 17.7 Å². The molecule has 1 aromatic rings. The highest BCUT2D eigenvalue weighted by molar-refractivity contribution is 5.97. The standard InChI is InChI=1S/C24H34FN3O3/c1-16(2)21(27-23(30)19-10-6-7-11-20(19)25)24(31)28-14-12-18(13-15-28)26-22(29)17-8-4-3-5-9-17/h6-7,10-11,16-18,21H,3-5,8-9,12-15H2,1-2H3,(H,26,29)(H,27,30)/t21-/m0/s1. The summed E-state index contributed by atoms with van der Waals surface area (Å²) in [6.45, 7) is 4.79. The van der Waals surface area contributed by atoms with Gasteiger partial charge >= 0.3 is 0 Å². The number of rotatable bonds is 6. The van der Waals surface area contributed by atoms with E-state index in [2.05, 4.69) is 10.6 Å². The van der Waals surface area contributed by atoms with Crippen molar-refractivity contribution in [1.82, 2.24) is 15.5 Å². The quantitative estimate of drug-likeness (QED) is 0.726. The molecular formula is C24H34FN3O3. The van der Waals surface area contributed by atoms with Gasteiger partial charge in [-0.1, -0.05) is 45.2 Å². The van der Waals surface area contributed by atoms with Crippen molar-refractivity contribution in [1.29, 1.82) is 0 Å². The van der Waals surface area contributed by atoms with Gasteiger partial charge in [0.1, 0.15) is 11.9 Å². The predicted octanol–water partition coefficient (Wildman–Crippen LogP) is 3.27. The molecule has 2 N–H and O–H groups in total. The minimum Gasteiger partial charge on any atom is -0.353 e. The topological polar surface area (TPSA) is 78.5 Å². The van der Waals surface area contributed by atoms with Crippen molar-refractivity contribution in [2.24, 2.45) is 11.8 Å². The van der Waals surface area contributed by atoms with E-state index in [9.17, 15) is 18.8 Å². The van der Waals surface area contributed by atoms with Crippen LogP contribution >= 0.6 is 0 Å². The number of piperidine rings is 1. The van der Waals surface area contributed by atoms with Crippen LogP contribution in [0.5, 0.6) is 0 Å². The molecule has 1 aromatic carbocycles. The summed E-state index contributed by atoms with van der Waals surface area (Å²) in [5.41, 5.74) is -0.0647. The molecule has 1 saturated carbocycles. The third kappa shape index (κ3) is 6.05. The molecular weight excluding hydrogens is 397 g/mol. The van der Waals surface area contributed by atoms with Crippen LogP contribution in [-0.4, -0.2) is 47.8 Å². The van der Waals surface area contributed by atoms with Crippen LogP contribution in [0.4, 0.5) is 4.39 Å². The van der Waals surface area contributed by atoms with Gasteiger partial charge in [-0.15, -0.1) is 0 Å². The highest BCUT2D eigenvalue weighted by Gasteiger charge is 2.33. The number of nitrogens with one attached hydrogen (secondary N) is 2. The lowest BCUT2D eigenvalue weighted by atomic mass is 9.88. The lowest BCUT2D eigenvalue weighted by molar-refractivity contribution is -0.135. The summed E-state index contributed by atoms with van der Waals surface area (Å²) in [4.78, 5) is 39.9. The average Bonchev–Trinajstić information content (AvgIpc) is 2.78. The van der Waals surface area contributed by atoms with Gasteiger partial charge in [0.05, 0.1) is 5.56 Å². The Labute approximate surface area is 183 Å². The maximum absolute atomic E-state index is 13.9. The Hall–Kier alpha value is -2.44. The number of carbonyl (C=O) groups excluding carboxylic acids is 3. The fourth-order valence-electron chi connectivity index (χ4n) is 4.50. The molecule has 1 aliphatic carbocycles. The van der Waals surface area contributed by atoms with Gasteiger partial charge < -0.3 is 15.5 Å². The van der Waals surface area contributed by atoms with Gasteiger partial charge in [-0.05, 0) is 43.7 Å². The van der Waals surface area contributed by atoms with Gasteiger partial charge in [-0.2, -0.15) is 0 Å². The summed E-state index contributed by atoms with van der Waals surface area (Å²) < 4.78 is 13.9. The van der Waals surface area contributed by atoms with Crippen molar-refractivity contribution in [3.63, 3.8) is 0 Å². The van der Waals surface area contributed by atoms with E-state index in [0.29, 0.717) is 25.9 Å². The zero-order valence-electron chi connectivity index (χ0n) is 18.5. The Kier molecular flexibility index (Phi) is 8.04. The number of halogens is 1. The van der Waals surface area contributed by atoms with Gasteiger partial charge in [0, 0.05) is 25.0 Å². The smallest absolute Gasteiger partial charge is 0.254 e. The van der Waals surface area contributed by atoms with Crippen LogP contribution < -0.4 is 10.6 Å². The average molecular weight is 432 g/mol. The van der Waals surface area contributed by atoms with E-state index in [-0.39, 0.29) is 35.3 Å². The largest absolute Gasteiger partial charge is 0.353 e. The number of likely N-dealkylation sites (tertiary alicyclic amines) is 1. The van der Waals surface area contributed by atoms with E-state index in [4.69, 9.17) is 0 Å². The van der Waals surface area contributed by atoms with E-state index < -0.39 is 17.8 Å². The van der Waals surface area contributed by atoms with Crippen LogP contribution in [0.1, 0.15) is 69.2 Å². The minimum atomic E-state index is -0.722. The maximum atomic E-state index is 13.9. The highest BCUT2D eigenvalue weighted by Crippen LogP contribution is 2.24. The van der Waals surface area contributed by atoms with Crippen molar-refractivity contribution in [2.75, 3.05) is 13.1 Å². The molecule has 7 heteroatoms. The Bertz CT molecular complexity index is 784. The van der Waals surface area contributed by atoms with Gasteiger partial charge in [0.25, 0.3) is 5.91 Å². The Balaban J connectivity index is 1.53. The maximum Gasteiger partial charge on any atom is 0.254 e. The first kappa shape index (κ1) is 23.2. The zero-order valence-corrected chi connectivity index (χ0v) is 18.5. The SMILES string of the molecule is CC(C)[C@H](NC(=O)c1ccccc1F)C(=O)N1CCC(NC(=O)C2CCCCC2)CC1. The molecule has 0 radical (unpaired) electrons. The lowest BCUT2D eigenvalue weighted by Gasteiger charge is -2.36. The van der Waals surface area contributed by atoms with Gasteiger partial charge in [0.2, 0.25) is 11.8 Å². The lowest BCUT2D eigenvalue weighted by Crippen LogP contribution is -2.55. The molecule has 1 atom stereocenters. The molecule has 3 amide bonds. The Morgan fingerprint density at radius 2 is 1.65 bits per heavy atom. The van der Waals surface area contributed by atoms with Crippen molar-refractivity contribution in [2.45, 2.75) is 70.9 Å². The molecule has 0 aromatic heterocycles. The number of carbonyl (C=O) groups is 3. The monoisotopic (exact) mass is 431 g/mol. The molecule has 2 fully saturated rings. The van der Waals surface area contributed by atoms with Crippen LogP contribution in [0.2, 0.25) is 0 Å². The Morgan fingerprint density at radius 1 is 1.00 bits per heavy atom.